The second-order valence-electron chi connectivity index (χ2n) is 4.96. The molecule has 2 N–H and O–H groups in total. The van der Waals surface area contributed by atoms with Gasteiger partial charge in [-0.25, -0.2) is 4.98 Å². The maximum Gasteiger partial charge on any atom is 0.293 e. The molecule has 1 saturated heterocycles. The van der Waals surface area contributed by atoms with Crippen molar-refractivity contribution in [3.05, 3.63) is 22.7 Å². The Balaban J connectivity index is 2.13. The molecule has 94 valence electrons. The number of hydrogen-bond acceptors (Lipinski definition) is 4. The Morgan fingerprint density at radius 3 is 3.12 bits per heavy atom. The molecule has 2 heterocycles. The van der Waals surface area contributed by atoms with Crippen molar-refractivity contribution in [3.8, 4) is 0 Å². The molecular weight excluding hydrogens is 216 g/mol. The standard InChI is InChI=1S/C12H20N4O/c1-9(2)8-16-6-5-14-11(12(16)17)15-10-3-4-13-7-10/h5-6,9-10,13H,3-4,7-8H2,1-2H3,(H,14,15). The van der Waals surface area contributed by atoms with E-state index in [1.807, 2.05) is 0 Å². The largest absolute Gasteiger partial charge is 0.361 e. The Morgan fingerprint density at radius 2 is 2.47 bits per heavy atom. The van der Waals surface area contributed by atoms with Crippen LogP contribution in [0, 0.1) is 5.92 Å². The van der Waals surface area contributed by atoms with Crippen LogP contribution in [0.2, 0.25) is 0 Å². The minimum atomic E-state index is -0.0203. The molecule has 1 aromatic heterocycles. The third kappa shape index (κ3) is 3.06. The summed E-state index contributed by atoms with van der Waals surface area (Å²) in [5.74, 6) is 0.929. The Kier molecular flexibility index (Phi) is 3.78. The topological polar surface area (TPSA) is 59.0 Å². The molecule has 0 radical (unpaired) electrons. The van der Waals surface area contributed by atoms with E-state index in [2.05, 4.69) is 29.5 Å². The molecule has 1 aliphatic rings. The molecule has 17 heavy (non-hydrogen) atoms. The van der Waals surface area contributed by atoms with Crippen molar-refractivity contribution in [1.29, 1.82) is 0 Å². The number of aromatic nitrogens is 2. The van der Waals surface area contributed by atoms with Crippen LogP contribution in [-0.2, 0) is 6.54 Å². The fraction of sp³-hybridized carbons (Fsp3) is 0.667. The molecule has 1 fully saturated rings. The molecule has 0 bridgehead atoms. The van der Waals surface area contributed by atoms with Gasteiger partial charge in [-0.3, -0.25) is 4.79 Å². The summed E-state index contributed by atoms with van der Waals surface area (Å²) in [5, 5.41) is 6.48. The van der Waals surface area contributed by atoms with Crippen molar-refractivity contribution in [2.45, 2.75) is 32.9 Å². The molecule has 0 saturated carbocycles. The summed E-state index contributed by atoms with van der Waals surface area (Å²) < 4.78 is 1.72. The second kappa shape index (κ2) is 5.31. The van der Waals surface area contributed by atoms with Crippen LogP contribution in [0.5, 0.6) is 0 Å². The molecule has 1 unspecified atom stereocenters. The van der Waals surface area contributed by atoms with E-state index in [4.69, 9.17) is 0 Å². The SMILES string of the molecule is CC(C)Cn1ccnc(NC2CCNC2)c1=O. The summed E-state index contributed by atoms with van der Waals surface area (Å²) >= 11 is 0. The fourth-order valence-corrected chi connectivity index (χ4v) is 2.05. The first kappa shape index (κ1) is 12.1. The van der Waals surface area contributed by atoms with Crippen molar-refractivity contribution in [2.75, 3.05) is 18.4 Å². The highest BCUT2D eigenvalue weighted by atomic mass is 16.1. The Bertz CT molecular complexity index is 421. The Morgan fingerprint density at radius 1 is 1.65 bits per heavy atom. The van der Waals surface area contributed by atoms with E-state index in [0.29, 0.717) is 17.8 Å². The molecule has 5 heteroatoms. The van der Waals surface area contributed by atoms with Gasteiger partial charge in [-0.15, -0.1) is 0 Å². The molecule has 1 aromatic rings. The maximum absolute atomic E-state index is 12.1. The van der Waals surface area contributed by atoms with Crippen molar-refractivity contribution in [2.24, 2.45) is 5.92 Å². The zero-order valence-electron chi connectivity index (χ0n) is 10.4. The Hall–Kier alpha value is -1.36. The number of nitrogens with zero attached hydrogens (tertiary/aromatic N) is 2. The summed E-state index contributed by atoms with van der Waals surface area (Å²) in [6.45, 7) is 6.84. The first-order valence-electron chi connectivity index (χ1n) is 6.19. The van der Waals surface area contributed by atoms with E-state index in [9.17, 15) is 4.79 Å². The van der Waals surface area contributed by atoms with Gasteiger partial charge in [0.2, 0.25) is 0 Å². The van der Waals surface area contributed by atoms with Crippen LogP contribution in [0.4, 0.5) is 5.82 Å². The van der Waals surface area contributed by atoms with E-state index in [1.165, 1.54) is 0 Å². The van der Waals surface area contributed by atoms with Crippen molar-refractivity contribution < 1.29 is 0 Å². The van der Waals surface area contributed by atoms with Crippen LogP contribution in [0.15, 0.2) is 17.2 Å². The lowest BCUT2D eigenvalue weighted by Gasteiger charge is -2.13. The van der Waals surface area contributed by atoms with Gasteiger partial charge in [-0.2, -0.15) is 0 Å². The highest BCUT2D eigenvalue weighted by Crippen LogP contribution is 2.05. The van der Waals surface area contributed by atoms with Crippen LogP contribution in [0.1, 0.15) is 20.3 Å². The second-order valence-corrected chi connectivity index (χ2v) is 4.96. The van der Waals surface area contributed by atoms with Crippen LogP contribution in [-0.4, -0.2) is 28.7 Å². The van der Waals surface area contributed by atoms with Gasteiger partial charge in [0.05, 0.1) is 0 Å². The summed E-state index contributed by atoms with van der Waals surface area (Å²) in [6, 6.07) is 0.324. The number of anilines is 1. The molecule has 0 aromatic carbocycles. The monoisotopic (exact) mass is 236 g/mol. The third-order valence-electron chi connectivity index (χ3n) is 2.88. The van der Waals surface area contributed by atoms with E-state index in [1.54, 1.807) is 17.0 Å². The summed E-state index contributed by atoms with van der Waals surface area (Å²) in [5.41, 5.74) is -0.0203. The molecule has 0 amide bonds. The lowest BCUT2D eigenvalue weighted by Crippen LogP contribution is -2.31. The minimum absolute atomic E-state index is 0.0203. The van der Waals surface area contributed by atoms with E-state index >= 15 is 0 Å². The van der Waals surface area contributed by atoms with Crippen LogP contribution >= 0.6 is 0 Å². The number of hydrogen-bond donors (Lipinski definition) is 2. The van der Waals surface area contributed by atoms with Crippen molar-refractivity contribution in [1.82, 2.24) is 14.9 Å². The summed E-state index contributed by atoms with van der Waals surface area (Å²) in [4.78, 5) is 16.2. The lowest BCUT2D eigenvalue weighted by molar-refractivity contribution is 0.509. The average Bonchev–Trinajstić information content (AvgIpc) is 2.76. The molecule has 0 aliphatic carbocycles. The predicted octanol–water partition coefficient (Wildman–Crippen LogP) is 0.673. The van der Waals surface area contributed by atoms with Crippen molar-refractivity contribution >= 4 is 5.82 Å². The van der Waals surface area contributed by atoms with E-state index in [0.717, 1.165) is 26.1 Å². The third-order valence-corrected chi connectivity index (χ3v) is 2.88. The van der Waals surface area contributed by atoms with Crippen LogP contribution in [0.3, 0.4) is 0 Å². The molecular formula is C12H20N4O. The Labute approximate surface area is 101 Å². The summed E-state index contributed by atoms with van der Waals surface area (Å²) in [6.07, 6.45) is 4.48. The van der Waals surface area contributed by atoms with Crippen LogP contribution in [0.25, 0.3) is 0 Å². The van der Waals surface area contributed by atoms with Crippen LogP contribution < -0.4 is 16.2 Å². The van der Waals surface area contributed by atoms with Gasteiger partial charge in [0.25, 0.3) is 5.56 Å². The fourth-order valence-electron chi connectivity index (χ4n) is 2.05. The van der Waals surface area contributed by atoms with Gasteiger partial charge >= 0.3 is 0 Å². The highest BCUT2D eigenvalue weighted by molar-refractivity contribution is 5.32. The smallest absolute Gasteiger partial charge is 0.293 e. The normalized spacial score (nSPS) is 19.8. The van der Waals surface area contributed by atoms with Gasteiger partial charge in [0, 0.05) is 31.5 Å². The molecule has 1 aliphatic heterocycles. The quantitative estimate of drug-likeness (QED) is 0.807. The van der Waals surface area contributed by atoms with Gasteiger partial charge in [0.15, 0.2) is 5.82 Å². The first-order chi connectivity index (χ1) is 8.16. The molecule has 0 spiro atoms. The highest BCUT2D eigenvalue weighted by Gasteiger charge is 2.16. The zero-order chi connectivity index (χ0) is 12.3. The van der Waals surface area contributed by atoms with Gasteiger partial charge in [0.1, 0.15) is 0 Å². The van der Waals surface area contributed by atoms with E-state index < -0.39 is 0 Å². The molecule has 2 rings (SSSR count). The van der Waals surface area contributed by atoms with Crippen molar-refractivity contribution in [3.63, 3.8) is 0 Å². The first-order valence-corrected chi connectivity index (χ1v) is 6.19. The summed E-state index contributed by atoms with van der Waals surface area (Å²) in [7, 11) is 0. The van der Waals surface area contributed by atoms with Gasteiger partial charge in [-0.1, -0.05) is 13.8 Å². The predicted molar refractivity (Wildman–Crippen MR) is 68.2 cm³/mol. The molecule has 5 nitrogen and oxygen atoms in total. The minimum Gasteiger partial charge on any atom is -0.361 e. The van der Waals surface area contributed by atoms with E-state index in [-0.39, 0.29) is 5.56 Å². The average molecular weight is 236 g/mol. The van der Waals surface area contributed by atoms with Gasteiger partial charge in [-0.05, 0) is 18.9 Å². The lowest BCUT2D eigenvalue weighted by atomic mass is 10.2. The van der Waals surface area contributed by atoms with Gasteiger partial charge < -0.3 is 15.2 Å². The maximum atomic E-state index is 12.1. The number of nitrogens with one attached hydrogen (secondary N) is 2. The zero-order valence-corrected chi connectivity index (χ0v) is 10.4. The molecule has 1 atom stereocenters. The number of rotatable bonds is 4.